The molecule has 1 aromatic carbocycles. The zero-order chi connectivity index (χ0) is 21.1. The second-order valence-electron chi connectivity index (χ2n) is 7.71. The predicted molar refractivity (Wildman–Crippen MR) is 124 cm³/mol. The Bertz CT molecular complexity index is 1010. The molecule has 2 aromatic heterocycles. The lowest BCUT2D eigenvalue weighted by atomic mass is 10.1. The Labute approximate surface area is 181 Å². The number of amides is 2. The molecule has 8 heteroatoms. The topological polar surface area (TPSA) is 73.4 Å². The van der Waals surface area contributed by atoms with Crippen LogP contribution in [0.2, 0.25) is 0 Å². The third-order valence-electron chi connectivity index (χ3n) is 5.60. The first-order valence-electron chi connectivity index (χ1n) is 10.4. The minimum Gasteiger partial charge on any atom is -0.335 e. The number of carbonyl (C=O) groups is 1. The third-order valence-corrected chi connectivity index (χ3v) is 6.48. The van der Waals surface area contributed by atoms with E-state index < -0.39 is 0 Å². The highest BCUT2D eigenvalue weighted by Gasteiger charge is 2.20. The number of anilines is 3. The Morgan fingerprint density at radius 1 is 1.17 bits per heavy atom. The van der Waals surface area contributed by atoms with Gasteiger partial charge in [0.25, 0.3) is 0 Å². The summed E-state index contributed by atoms with van der Waals surface area (Å²) in [6.07, 6.45) is 1.97. The number of nitrogens with zero attached hydrogens (tertiary/aromatic N) is 4. The molecule has 1 saturated heterocycles. The number of hydrogen-bond acceptors (Lipinski definition) is 6. The zero-order valence-electron chi connectivity index (χ0n) is 17.7. The normalized spacial score (nSPS) is 15.3. The van der Waals surface area contributed by atoms with Crippen molar-refractivity contribution in [3.8, 4) is 0 Å². The lowest BCUT2D eigenvalue weighted by Crippen LogP contribution is -2.45. The summed E-state index contributed by atoms with van der Waals surface area (Å²) in [6, 6.07) is 12.3. The third kappa shape index (κ3) is 4.71. The molecule has 1 aliphatic rings. The largest absolute Gasteiger partial charge is 0.335 e. The fraction of sp³-hybridized carbons (Fsp3) is 0.409. The molecule has 0 saturated carbocycles. The van der Waals surface area contributed by atoms with E-state index in [2.05, 4.69) is 58.6 Å². The Morgan fingerprint density at radius 3 is 2.60 bits per heavy atom. The van der Waals surface area contributed by atoms with Crippen molar-refractivity contribution in [2.45, 2.75) is 32.7 Å². The number of rotatable bonds is 5. The highest BCUT2D eigenvalue weighted by molar-refractivity contribution is 7.22. The van der Waals surface area contributed by atoms with Gasteiger partial charge in [-0.2, -0.15) is 0 Å². The number of hydrogen-bond donors (Lipinski definition) is 2. The fourth-order valence-electron chi connectivity index (χ4n) is 3.66. The van der Waals surface area contributed by atoms with Crippen LogP contribution in [-0.2, 0) is 0 Å². The molecule has 3 heterocycles. The van der Waals surface area contributed by atoms with Crippen LogP contribution in [0.5, 0.6) is 0 Å². The van der Waals surface area contributed by atoms with Crippen molar-refractivity contribution in [3.63, 3.8) is 0 Å². The van der Waals surface area contributed by atoms with Crippen molar-refractivity contribution in [1.29, 1.82) is 0 Å². The number of urea groups is 1. The average molecular weight is 425 g/mol. The van der Waals surface area contributed by atoms with E-state index in [1.54, 1.807) is 0 Å². The molecule has 7 nitrogen and oxygen atoms in total. The number of nitrogens with one attached hydrogen (secondary N) is 2. The molecule has 2 amide bonds. The number of thiazole rings is 1. The molecule has 4 rings (SSSR count). The molecule has 158 valence electrons. The van der Waals surface area contributed by atoms with Crippen LogP contribution in [0.15, 0.2) is 36.4 Å². The van der Waals surface area contributed by atoms with Crippen LogP contribution < -0.4 is 15.5 Å². The molecule has 0 radical (unpaired) electrons. The minimum absolute atomic E-state index is 0.194. The summed E-state index contributed by atoms with van der Waals surface area (Å²) in [5, 5.41) is 6.52. The summed E-state index contributed by atoms with van der Waals surface area (Å²) >= 11 is 1.39. The van der Waals surface area contributed by atoms with Gasteiger partial charge < -0.3 is 15.1 Å². The summed E-state index contributed by atoms with van der Waals surface area (Å²) in [5.41, 5.74) is 3.08. The number of carbonyl (C=O) groups excluding carboxylic acids is 1. The first-order chi connectivity index (χ1) is 14.5. The fourth-order valence-corrected chi connectivity index (χ4v) is 4.49. The van der Waals surface area contributed by atoms with E-state index in [9.17, 15) is 4.79 Å². The number of aromatic nitrogens is 2. The van der Waals surface area contributed by atoms with Gasteiger partial charge in [0, 0.05) is 31.9 Å². The van der Waals surface area contributed by atoms with Crippen LogP contribution in [0.1, 0.15) is 25.3 Å². The molecule has 0 aliphatic carbocycles. The van der Waals surface area contributed by atoms with Gasteiger partial charge in [-0.25, -0.2) is 14.8 Å². The van der Waals surface area contributed by atoms with Crippen LogP contribution in [0, 0.1) is 6.92 Å². The molecular formula is C22H28N6OS. The molecule has 3 aromatic rings. The maximum Gasteiger partial charge on any atom is 0.321 e. The predicted octanol–water partition coefficient (Wildman–Crippen LogP) is 4.37. The number of likely N-dealkylation sites (tertiary alicyclic amines) is 1. The van der Waals surface area contributed by atoms with E-state index >= 15 is 0 Å². The molecule has 30 heavy (non-hydrogen) atoms. The van der Waals surface area contributed by atoms with Crippen molar-refractivity contribution in [2.75, 3.05) is 36.9 Å². The van der Waals surface area contributed by atoms with E-state index in [4.69, 9.17) is 4.98 Å². The highest BCUT2D eigenvalue weighted by Crippen LogP contribution is 2.29. The van der Waals surface area contributed by atoms with E-state index in [1.807, 2.05) is 24.1 Å². The summed E-state index contributed by atoms with van der Waals surface area (Å²) < 4.78 is 0. The second-order valence-corrected chi connectivity index (χ2v) is 8.69. The molecular weight excluding hydrogens is 396 g/mol. The number of pyridine rings is 1. The van der Waals surface area contributed by atoms with Crippen LogP contribution in [0.4, 0.5) is 21.4 Å². The van der Waals surface area contributed by atoms with Crippen molar-refractivity contribution in [1.82, 2.24) is 20.2 Å². The van der Waals surface area contributed by atoms with Gasteiger partial charge in [0.1, 0.15) is 16.2 Å². The van der Waals surface area contributed by atoms with E-state index in [0.717, 1.165) is 54.3 Å². The van der Waals surface area contributed by atoms with E-state index in [1.165, 1.54) is 16.9 Å². The Morgan fingerprint density at radius 2 is 1.90 bits per heavy atom. The van der Waals surface area contributed by atoms with Gasteiger partial charge in [-0.1, -0.05) is 36.0 Å². The number of fused-ring (bicyclic) bond motifs is 1. The molecule has 0 unspecified atom stereocenters. The van der Waals surface area contributed by atoms with Crippen molar-refractivity contribution in [2.24, 2.45) is 0 Å². The minimum atomic E-state index is -0.194. The SMILES string of the molecule is CCN1CCC(NC(=O)Nc2nc3ccc(N(C)c4ccc(C)cc4)nc3s2)CC1. The smallest absolute Gasteiger partial charge is 0.321 e. The van der Waals surface area contributed by atoms with Gasteiger partial charge in [-0.15, -0.1) is 0 Å². The Balaban J connectivity index is 1.41. The van der Waals surface area contributed by atoms with Gasteiger partial charge in [-0.05, 0) is 50.6 Å². The maximum atomic E-state index is 12.4. The zero-order valence-corrected chi connectivity index (χ0v) is 18.5. The molecule has 0 bridgehead atoms. The van der Waals surface area contributed by atoms with Crippen molar-refractivity contribution in [3.05, 3.63) is 42.0 Å². The van der Waals surface area contributed by atoms with Crippen LogP contribution in [-0.4, -0.2) is 53.6 Å². The molecule has 0 spiro atoms. The summed E-state index contributed by atoms with van der Waals surface area (Å²) in [7, 11) is 2.00. The average Bonchev–Trinajstić information content (AvgIpc) is 3.15. The van der Waals surface area contributed by atoms with Gasteiger partial charge >= 0.3 is 6.03 Å². The van der Waals surface area contributed by atoms with Crippen LogP contribution >= 0.6 is 11.3 Å². The molecule has 1 fully saturated rings. The van der Waals surface area contributed by atoms with Crippen LogP contribution in [0.3, 0.4) is 0 Å². The number of benzene rings is 1. The number of aryl methyl sites for hydroxylation is 1. The molecule has 0 atom stereocenters. The van der Waals surface area contributed by atoms with Gasteiger partial charge in [0.05, 0.1) is 0 Å². The molecule has 1 aliphatic heterocycles. The van der Waals surface area contributed by atoms with Crippen molar-refractivity contribution >= 4 is 44.4 Å². The number of piperidine rings is 1. The summed E-state index contributed by atoms with van der Waals surface area (Å²) in [4.78, 5) is 26.9. The van der Waals surface area contributed by atoms with Crippen LogP contribution in [0.25, 0.3) is 10.3 Å². The van der Waals surface area contributed by atoms with E-state index in [0.29, 0.717) is 5.13 Å². The van der Waals surface area contributed by atoms with E-state index in [-0.39, 0.29) is 12.1 Å². The summed E-state index contributed by atoms with van der Waals surface area (Å²) in [5.74, 6) is 0.841. The standard InChI is InChI=1S/C22H28N6OS/c1-4-28-13-11-16(12-14-28)23-21(29)26-22-24-18-9-10-19(25-20(18)30-22)27(3)17-7-5-15(2)6-8-17/h5-10,16H,4,11-14H2,1-3H3,(H2,23,24,26,29). The second kappa shape index (κ2) is 8.97. The highest BCUT2D eigenvalue weighted by atomic mass is 32.1. The lowest BCUT2D eigenvalue weighted by Gasteiger charge is -2.31. The van der Waals surface area contributed by atoms with Gasteiger partial charge in [0.2, 0.25) is 0 Å². The first kappa shape index (κ1) is 20.6. The monoisotopic (exact) mass is 424 g/mol. The Hall–Kier alpha value is -2.71. The maximum absolute atomic E-state index is 12.4. The lowest BCUT2D eigenvalue weighted by molar-refractivity contribution is 0.203. The Kier molecular flexibility index (Phi) is 6.15. The first-order valence-corrected chi connectivity index (χ1v) is 11.2. The molecule has 2 N–H and O–H groups in total. The van der Waals surface area contributed by atoms with Gasteiger partial charge in [-0.3, -0.25) is 5.32 Å². The van der Waals surface area contributed by atoms with Gasteiger partial charge in [0.15, 0.2) is 5.13 Å². The quantitative estimate of drug-likeness (QED) is 0.636. The van der Waals surface area contributed by atoms with Crippen molar-refractivity contribution < 1.29 is 4.79 Å². The summed E-state index contributed by atoms with van der Waals surface area (Å²) in [6.45, 7) is 7.38.